The van der Waals surface area contributed by atoms with Crippen molar-refractivity contribution in [1.29, 1.82) is 0 Å². The summed E-state index contributed by atoms with van der Waals surface area (Å²) in [4.78, 5) is 16.6. The highest BCUT2D eigenvalue weighted by atomic mass is 16.1. The van der Waals surface area contributed by atoms with Crippen LogP contribution in [0.15, 0.2) is 18.5 Å². The average Bonchev–Trinajstić information content (AvgIpc) is 2.41. The third kappa shape index (κ3) is 1.88. The first-order chi connectivity index (χ1) is 4.93. The third-order valence-electron chi connectivity index (χ3n) is 1.16. The number of aromatic nitrogens is 2. The number of imidazole rings is 1. The molecule has 0 spiro atoms. The van der Waals surface area contributed by atoms with Crippen LogP contribution in [0.3, 0.4) is 0 Å². The lowest BCUT2D eigenvalue weighted by atomic mass is 10.3. The predicted molar refractivity (Wildman–Crippen MR) is 37.2 cm³/mol. The highest BCUT2D eigenvalue weighted by molar-refractivity contribution is 5.44. The number of allylic oxidation sites excluding steroid dienone is 1. The van der Waals surface area contributed by atoms with Gasteiger partial charge < -0.3 is 4.98 Å². The van der Waals surface area contributed by atoms with Gasteiger partial charge in [-0.05, 0) is 6.42 Å². The molecule has 10 heavy (non-hydrogen) atoms. The molecule has 3 heteroatoms. The van der Waals surface area contributed by atoms with E-state index in [1.165, 1.54) is 6.08 Å². The molecule has 3 nitrogen and oxygen atoms in total. The number of aryl methyl sites for hydroxylation is 1. The van der Waals surface area contributed by atoms with Crippen molar-refractivity contribution in [3.8, 4) is 0 Å². The summed E-state index contributed by atoms with van der Waals surface area (Å²) in [5, 5.41) is 0. The number of hydrogen-bond donors (Lipinski definition) is 1. The van der Waals surface area contributed by atoms with E-state index >= 15 is 0 Å². The fraction of sp³-hybridized carbons (Fsp3) is 0.286. The SMILES string of the molecule is O=C=CCCc1ncc[nH]1. The lowest BCUT2D eigenvalue weighted by Gasteiger charge is -1.86. The molecule has 0 aliphatic carbocycles. The molecule has 0 aliphatic heterocycles. The van der Waals surface area contributed by atoms with Crippen LogP contribution in [0.4, 0.5) is 0 Å². The molecule has 0 atom stereocenters. The molecule has 52 valence electrons. The standard InChI is InChI=1S/C7H8N2O/c10-6-2-1-3-7-8-4-5-9-7/h2,4-5H,1,3H2,(H,8,9). The molecule has 1 aromatic heterocycles. The largest absolute Gasteiger partial charge is 0.349 e. The van der Waals surface area contributed by atoms with Gasteiger partial charge in [0.25, 0.3) is 0 Å². The van der Waals surface area contributed by atoms with Crippen LogP contribution in [0.2, 0.25) is 0 Å². The molecule has 1 rings (SSSR count). The Labute approximate surface area is 58.8 Å². The highest BCUT2D eigenvalue weighted by Gasteiger charge is 1.89. The summed E-state index contributed by atoms with van der Waals surface area (Å²) < 4.78 is 0. The first kappa shape index (κ1) is 6.78. The summed E-state index contributed by atoms with van der Waals surface area (Å²) in [6, 6.07) is 0. The van der Waals surface area contributed by atoms with Gasteiger partial charge in [-0.3, -0.25) is 0 Å². The number of aromatic amines is 1. The van der Waals surface area contributed by atoms with E-state index in [0.717, 1.165) is 12.2 Å². The molecule has 0 saturated carbocycles. The van der Waals surface area contributed by atoms with Crippen molar-refractivity contribution in [2.24, 2.45) is 0 Å². The van der Waals surface area contributed by atoms with E-state index in [0.29, 0.717) is 6.42 Å². The van der Waals surface area contributed by atoms with E-state index in [1.54, 1.807) is 18.3 Å². The van der Waals surface area contributed by atoms with Crippen LogP contribution in [-0.4, -0.2) is 15.9 Å². The van der Waals surface area contributed by atoms with E-state index in [2.05, 4.69) is 9.97 Å². The molecule has 0 bridgehead atoms. The number of nitrogens with zero attached hydrogens (tertiary/aromatic N) is 1. The second kappa shape index (κ2) is 3.64. The Kier molecular flexibility index (Phi) is 2.47. The Morgan fingerprint density at radius 3 is 3.30 bits per heavy atom. The van der Waals surface area contributed by atoms with E-state index in [1.807, 2.05) is 0 Å². The quantitative estimate of drug-likeness (QED) is 0.622. The van der Waals surface area contributed by atoms with Gasteiger partial charge in [0.15, 0.2) is 0 Å². The number of rotatable bonds is 3. The Balaban J connectivity index is 2.34. The summed E-state index contributed by atoms with van der Waals surface area (Å²) in [5.41, 5.74) is 0. The van der Waals surface area contributed by atoms with Crippen molar-refractivity contribution >= 4 is 5.94 Å². The minimum absolute atomic E-state index is 0.705. The predicted octanol–water partition coefficient (Wildman–Crippen LogP) is 0.730. The van der Waals surface area contributed by atoms with Crippen molar-refractivity contribution in [3.63, 3.8) is 0 Å². The summed E-state index contributed by atoms with van der Waals surface area (Å²) in [6.07, 6.45) is 6.40. The second-order valence-corrected chi connectivity index (χ2v) is 1.90. The zero-order valence-electron chi connectivity index (χ0n) is 5.50. The van der Waals surface area contributed by atoms with Gasteiger partial charge in [-0.1, -0.05) is 0 Å². The zero-order chi connectivity index (χ0) is 7.23. The van der Waals surface area contributed by atoms with Crippen LogP contribution in [0.25, 0.3) is 0 Å². The van der Waals surface area contributed by atoms with Crippen LogP contribution < -0.4 is 0 Å². The lowest BCUT2D eigenvalue weighted by Crippen LogP contribution is -1.84. The molecule has 0 unspecified atom stereocenters. The number of H-pyrrole nitrogens is 1. The number of nitrogens with one attached hydrogen (secondary N) is 1. The van der Waals surface area contributed by atoms with Gasteiger partial charge >= 0.3 is 0 Å². The number of hydrogen-bond acceptors (Lipinski definition) is 2. The van der Waals surface area contributed by atoms with Crippen molar-refractivity contribution in [2.75, 3.05) is 0 Å². The van der Waals surface area contributed by atoms with Gasteiger partial charge in [0, 0.05) is 24.9 Å². The third-order valence-corrected chi connectivity index (χ3v) is 1.16. The fourth-order valence-electron chi connectivity index (χ4n) is 0.703. The molecule has 0 radical (unpaired) electrons. The van der Waals surface area contributed by atoms with Crippen LogP contribution >= 0.6 is 0 Å². The van der Waals surface area contributed by atoms with Crippen LogP contribution in [0.1, 0.15) is 12.2 Å². The van der Waals surface area contributed by atoms with E-state index in [4.69, 9.17) is 0 Å². The summed E-state index contributed by atoms with van der Waals surface area (Å²) >= 11 is 0. The lowest BCUT2D eigenvalue weighted by molar-refractivity contribution is 0.568. The van der Waals surface area contributed by atoms with Crippen LogP contribution in [-0.2, 0) is 11.2 Å². The van der Waals surface area contributed by atoms with Crippen molar-refractivity contribution < 1.29 is 4.79 Å². The van der Waals surface area contributed by atoms with Gasteiger partial charge in [-0.15, -0.1) is 0 Å². The molecule has 0 aromatic carbocycles. The van der Waals surface area contributed by atoms with E-state index in [9.17, 15) is 4.79 Å². The summed E-state index contributed by atoms with van der Waals surface area (Å²) in [6.45, 7) is 0. The average molecular weight is 136 g/mol. The molecule has 1 N–H and O–H groups in total. The van der Waals surface area contributed by atoms with Gasteiger partial charge in [-0.2, -0.15) is 0 Å². The van der Waals surface area contributed by atoms with Crippen molar-refractivity contribution in [1.82, 2.24) is 9.97 Å². The number of carbonyl (C=O) groups excluding carboxylic acids is 1. The fourth-order valence-corrected chi connectivity index (χ4v) is 0.703. The summed E-state index contributed by atoms with van der Waals surface area (Å²) in [5.74, 6) is 2.62. The Bertz CT molecular complexity index is 222. The van der Waals surface area contributed by atoms with Gasteiger partial charge in [0.05, 0.1) is 0 Å². The monoisotopic (exact) mass is 136 g/mol. The van der Waals surface area contributed by atoms with Crippen molar-refractivity contribution in [2.45, 2.75) is 12.8 Å². The minimum Gasteiger partial charge on any atom is -0.349 e. The maximum atomic E-state index is 9.72. The van der Waals surface area contributed by atoms with Gasteiger partial charge in [0.1, 0.15) is 11.8 Å². The van der Waals surface area contributed by atoms with Gasteiger partial charge in [-0.25, -0.2) is 9.78 Å². The van der Waals surface area contributed by atoms with Crippen molar-refractivity contribution in [3.05, 3.63) is 24.3 Å². The van der Waals surface area contributed by atoms with Crippen LogP contribution in [0, 0.1) is 0 Å². The maximum Gasteiger partial charge on any atom is 0.120 e. The first-order valence-corrected chi connectivity index (χ1v) is 3.11. The van der Waals surface area contributed by atoms with Crippen LogP contribution in [0.5, 0.6) is 0 Å². The van der Waals surface area contributed by atoms with E-state index < -0.39 is 0 Å². The van der Waals surface area contributed by atoms with Gasteiger partial charge in [0.2, 0.25) is 0 Å². The molecular formula is C7H8N2O. The maximum absolute atomic E-state index is 9.72. The Morgan fingerprint density at radius 1 is 1.80 bits per heavy atom. The molecule has 0 amide bonds. The molecule has 1 heterocycles. The normalized spacial score (nSPS) is 8.80. The minimum atomic E-state index is 0.705. The second-order valence-electron chi connectivity index (χ2n) is 1.90. The zero-order valence-corrected chi connectivity index (χ0v) is 5.50. The summed E-state index contributed by atoms with van der Waals surface area (Å²) in [7, 11) is 0. The smallest absolute Gasteiger partial charge is 0.120 e. The van der Waals surface area contributed by atoms with E-state index in [-0.39, 0.29) is 0 Å². The molecule has 0 aliphatic rings. The molecule has 1 aromatic rings. The molecule has 0 fully saturated rings. The highest BCUT2D eigenvalue weighted by Crippen LogP contribution is 1.93. The first-order valence-electron chi connectivity index (χ1n) is 3.11. The molecular weight excluding hydrogens is 128 g/mol. The molecule has 0 saturated heterocycles. The Morgan fingerprint density at radius 2 is 2.70 bits per heavy atom. The topological polar surface area (TPSA) is 45.8 Å². The Hall–Kier alpha value is -1.34.